The quantitative estimate of drug-likeness (QED) is 0.185. The first-order valence-electron chi connectivity index (χ1n) is 11.0. The van der Waals surface area contributed by atoms with Crippen molar-refractivity contribution in [1.82, 2.24) is 10.3 Å². The molecule has 5 rings (SSSR count). The summed E-state index contributed by atoms with van der Waals surface area (Å²) in [5.41, 5.74) is 3.23. The van der Waals surface area contributed by atoms with E-state index >= 15 is 0 Å². The Kier molecular flexibility index (Phi) is 6.74. The van der Waals surface area contributed by atoms with Crippen LogP contribution >= 0.6 is 23.4 Å². The molecule has 6 heteroatoms. The highest BCUT2D eigenvalue weighted by molar-refractivity contribution is 7.99. The average Bonchev–Trinajstić information content (AvgIpc) is 3.24. The first-order chi connectivity index (χ1) is 16.7. The van der Waals surface area contributed by atoms with Crippen molar-refractivity contribution in [2.45, 2.75) is 4.90 Å². The molecule has 34 heavy (non-hydrogen) atoms. The minimum Gasteiger partial charge on any atom is -0.484 e. The van der Waals surface area contributed by atoms with Crippen LogP contribution in [-0.2, 0) is 4.79 Å². The number of amides is 1. The summed E-state index contributed by atoms with van der Waals surface area (Å²) in [5.74, 6) is 1.30. The van der Waals surface area contributed by atoms with Gasteiger partial charge < -0.3 is 15.0 Å². The van der Waals surface area contributed by atoms with Crippen molar-refractivity contribution >= 4 is 50.9 Å². The summed E-state index contributed by atoms with van der Waals surface area (Å²) >= 11 is 7.79. The Morgan fingerprint density at radius 1 is 0.912 bits per heavy atom. The van der Waals surface area contributed by atoms with Gasteiger partial charge in [-0.1, -0.05) is 72.3 Å². The van der Waals surface area contributed by atoms with E-state index in [1.165, 1.54) is 10.3 Å². The maximum Gasteiger partial charge on any atom is 0.257 e. The molecule has 170 valence electrons. The number of aromatic nitrogens is 1. The number of H-pyrrole nitrogens is 1. The number of carbonyl (C=O) groups is 1. The topological polar surface area (TPSA) is 54.1 Å². The average molecular weight is 487 g/mol. The summed E-state index contributed by atoms with van der Waals surface area (Å²) < 4.78 is 5.69. The number of aromatic amines is 1. The van der Waals surface area contributed by atoms with E-state index in [-0.39, 0.29) is 12.5 Å². The molecule has 1 amide bonds. The van der Waals surface area contributed by atoms with E-state index < -0.39 is 0 Å². The number of fused-ring (bicyclic) bond motifs is 2. The minimum atomic E-state index is -0.134. The van der Waals surface area contributed by atoms with Gasteiger partial charge in [-0.15, -0.1) is 11.8 Å². The SMILES string of the molecule is O=C(COc1ccc2ccccc2c1)NCCSc1c(-c2ccc(Cl)cc2)[nH]c2ccccc12. The fraction of sp³-hybridized carbons (Fsp3) is 0.107. The van der Waals surface area contributed by atoms with Gasteiger partial charge in [-0.2, -0.15) is 0 Å². The Balaban J connectivity index is 1.18. The second-order valence-electron chi connectivity index (χ2n) is 7.88. The lowest BCUT2D eigenvalue weighted by Crippen LogP contribution is -2.30. The third kappa shape index (κ3) is 5.06. The number of halogens is 1. The van der Waals surface area contributed by atoms with E-state index in [9.17, 15) is 4.79 Å². The molecule has 4 nitrogen and oxygen atoms in total. The number of para-hydroxylation sites is 1. The van der Waals surface area contributed by atoms with Gasteiger partial charge in [0.15, 0.2) is 6.61 Å². The number of hydrogen-bond donors (Lipinski definition) is 2. The van der Waals surface area contributed by atoms with Crippen molar-refractivity contribution in [2.24, 2.45) is 0 Å². The number of ether oxygens (including phenoxy) is 1. The smallest absolute Gasteiger partial charge is 0.257 e. The van der Waals surface area contributed by atoms with Crippen LogP contribution in [0.3, 0.4) is 0 Å². The lowest BCUT2D eigenvalue weighted by molar-refractivity contribution is -0.122. The van der Waals surface area contributed by atoms with E-state index in [0.29, 0.717) is 17.3 Å². The number of carbonyl (C=O) groups excluding carboxylic acids is 1. The molecule has 5 aromatic rings. The van der Waals surface area contributed by atoms with Crippen LogP contribution < -0.4 is 10.1 Å². The first kappa shape index (κ1) is 22.4. The van der Waals surface area contributed by atoms with Gasteiger partial charge in [0, 0.05) is 33.1 Å². The zero-order chi connectivity index (χ0) is 23.3. The third-order valence-corrected chi connectivity index (χ3v) is 6.93. The van der Waals surface area contributed by atoms with Gasteiger partial charge in [-0.25, -0.2) is 0 Å². The minimum absolute atomic E-state index is 0.00782. The maximum absolute atomic E-state index is 12.3. The number of benzene rings is 4. The molecule has 4 aromatic carbocycles. The second-order valence-corrected chi connectivity index (χ2v) is 9.42. The summed E-state index contributed by atoms with van der Waals surface area (Å²) in [6.07, 6.45) is 0. The van der Waals surface area contributed by atoms with Gasteiger partial charge in [0.05, 0.1) is 5.69 Å². The van der Waals surface area contributed by atoms with E-state index in [1.54, 1.807) is 11.8 Å². The van der Waals surface area contributed by atoms with E-state index in [2.05, 4.69) is 28.5 Å². The molecule has 0 radical (unpaired) electrons. The first-order valence-corrected chi connectivity index (χ1v) is 12.4. The van der Waals surface area contributed by atoms with Gasteiger partial charge in [-0.05, 0) is 46.7 Å². The van der Waals surface area contributed by atoms with E-state index in [1.807, 2.05) is 72.8 Å². The van der Waals surface area contributed by atoms with Crippen molar-refractivity contribution in [1.29, 1.82) is 0 Å². The van der Waals surface area contributed by atoms with Crippen molar-refractivity contribution in [3.8, 4) is 17.0 Å². The fourth-order valence-corrected chi connectivity index (χ4v) is 5.07. The maximum atomic E-state index is 12.3. The summed E-state index contributed by atoms with van der Waals surface area (Å²) in [6, 6.07) is 30.0. The Bertz CT molecular complexity index is 1450. The number of nitrogens with one attached hydrogen (secondary N) is 2. The predicted octanol–water partition coefficient (Wildman–Crippen LogP) is 6.93. The van der Waals surface area contributed by atoms with Crippen molar-refractivity contribution in [2.75, 3.05) is 18.9 Å². The molecule has 2 N–H and O–H groups in total. The van der Waals surface area contributed by atoms with Crippen LogP contribution in [0, 0.1) is 0 Å². The van der Waals surface area contributed by atoms with Crippen molar-refractivity contribution in [3.63, 3.8) is 0 Å². The normalized spacial score (nSPS) is 11.1. The second kappa shape index (κ2) is 10.2. The lowest BCUT2D eigenvalue weighted by atomic mass is 10.1. The lowest BCUT2D eigenvalue weighted by Gasteiger charge is -2.09. The molecule has 0 unspecified atom stereocenters. The highest BCUT2D eigenvalue weighted by atomic mass is 35.5. The predicted molar refractivity (Wildman–Crippen MR) is 142 cm³/mol. The molecule has 1 heterocycles. The van der Waals surface area contributed by atoms with Crippen LogP contribution in [0.25, 0.3) is 32.9 Å². The van der Waals surface area contributed by atoms with Gasteiger partial charge in [0.2, 0.25) is 0 Å². The Hall–Kier alpha value is -3.41. The summed E-state index contributed by atoms with van der Waals surface area (Å²) in [7, 11) is 0. The Labute approximate surface area is 207 Å². The Morgan fingerprint density at radius 3 is 2.53 bits per heavy atom. The molecule has 0 aliphatic heterocycles. The van der Waals surface area contributed by atoms with E-state index in [4.69, 9.17) is 16.3 Å². The molecular weight excluding hydrogens is 464 g/mol. The van der Waals surface area contributed by atoms with Crippen LogP contribution in [0.15, 0.2) is 95.9 Å². The molecule has 0 spiro atoms. The van der Waals surface area contributed by atoms with Crippen LogP contribution in [-0.4, -0.2) is 29.8 Å². The Morgan fingerprint density at radius 2 is 1.68 bits per heavy atom. The van der Waals surface area contributed by atoms with Gasteiger partial charge in [0.25, 0.3) is 5.91 Å². The zero-order valence-electron chi connectivity index (χ0n) is 18.4. The number of hydrogen-bond acceptors (Lipinski definition) is 3. The van der Waals surface area contributed by atoms with Crippen LogP contribution in [0.2, 0.25) is 5.02 Å². The highest BCUT2D eigenvalue weighted by Crippen LogP contribution is 2.37. The molecular formula is C28H23ClN2O2S. The molecule has 0 atom stereocenters. The molecule has 0 aliphatic carbocycles. The molecule has 0 saturated heterocycles. The molecule has 0 saturated carbocycles. The largest absolute Gasteiger partial charge is 0.484 e. The van der Waals surface area contributed by atoms with Crippen molar-refractivity contribution in [3.05, 3.63) is 96.0 Å². The van der Waals surface area contributed by atoms with Gasteiger partial charge >= 0.3 is 0 Å². The van der Waals surface area contributed by atoms with Gasteiger partial charge in [0.1, 0.15) is 5.75 Å². The monoisotopic (exact) mass is 486 g/mol. The molecule has 0 fully saturated rings. The third-order valence-electron chi connectivity index (χ3n) is 5.55. The highest BCUT2D eigenvalue weighted by Gasteiger charge is 2.14. The van der Waals surface area contributed by atoms with Crippen molar-refractivity contribution < 1.29 is 9.53 Å². The fourth-order valence-electron chi connectivity index (χ4n) is 3.89. The van der Waals surface area contributed by atoms with E-state index in [0.717, 1.165) is 33.3 Å². The summed E-state index contributed by atoms with van der Waals surface area (Å²) in [4.78, 5) is 17.0. The standard InChI is InChI=1S/C28H23ClN2O2S/c29-22-12-9-20(10-13-22)27-28(24-7-3-4-8-25(24)31-27)34-16-15-30-26(32)18-33-23-14-11-19-5-1-2-6-21(19)17-23/h1-14,17,31H,15-16,18H2,(H,30,32). The number of rotatable bonds is 8. The van der Waals surface area contributed by atoms with Crippen LogP contribution in [0.1, 0.15) is 0 Å². The molecule has 1 aromatic heterocycles. The van der Waals surface area contributed by atoms with Crippen LogP contribution in [0.4, 0.5) is 0 Å². The van der Waals surface area contributed by atoms with Gasteiger partial charge in [-0.3, -0.25) is 4.79 Å². The van der Waals surface area contributed by atoms with Crippen LogP contribution in [0.5, 0.6) is 5.75 Å². The molecule has 0 aliphatic rings. The summed E-state index contributed by atoms with van der Waals surface area (Å²) in [6.45, 7) is 0.538. The summed E-state index contributed by atoms with van der Waals surface area (Å²) in [5, 5.41) is 7.07. The molecule has 0 bridgehead atoms. The number of thioether (sulfide) groups is 1. The zero-order valence-corrected chi connectivity index (χ0v) is 20.0.